The topological polar surface area (TPSA) is 46.8 Å². The normalized spacial score (nSPS) is 17.0. The van der Waals surface area contributed by atoms with Gasteiger partial charge in [0.25, 0.3) is 0 Å². The predicted molar refractivity (Wildman–Crippen MR) is 92.7 cm³/mol. The number of pyridine rings is 1. The quantitative estimate of drug-likeness (QED) is 0.741. The van der Waals surface area contributed by atoms with Crippen LogP contribution in [0.3, 0.4) is 0 Å². The van der Waals surface area contributed by atoms with E-state index in [9.17, 15) is 0 Å². The lowest BCUT2D eigenvalue weighted by Gasteiger charge is -2.31. The molecule has 122 valence electrons. The monoisotopic (exact) mass is 319 g/mol. The summed E-state index contributed by atoms with van der Waals surface area (Å²) in [4.78, 5) is 6.97. The summed E-state index contributed by atoms with van der Waals surface area (Å²) >= 11 is 0. The fourth-order valence-corrected chi connectivity index (χ4v) is 3.46. The van der Waals surface area contributed by atoms with Gasteiger partial charge in [-0.25, -0.2) is 4.68 Å². The Kier molecular flexibility index (Phi) is 4.09. The molecule has 0 saturated carbocycles. The Morgan fingerprint density at radius 3 is 2.92 bits per heavy atom. The number of nitrogens with zero attached hydrogens (tertiary/aromatic N) is 5. The first kappa shape index (κ1) is 15.0. The number of para-hydroxylation sites is 1. The lowest BCUT2D eigenvalue weighted by molar-refractivity contribution is 0.206. The van der Waals surface area contributed by atoms with Crippen molar-refractivity contribution >= 4 is 0 Å². The van der Waals surface area contributed by atoms with Crippen LogP contribution < -0.4 is 0 Å². The fourth-order valence-electron chi connectivity index (χ4n) is 3.46. The Balaban J connectivity index is 1.51. The van der Waals surface area contributed by atoms with Crippen molar-refractivity contribution in [3.63, 3.8) is 0 Å². The summed E-state index contributed by atoms with van der Waals surface area (Å²) in [5, 5.41) is 8.59. The fraction of sp³-hybridized carbons (Fsp3) is 0.316. The molecule has 0 N–H and O–H groups in total. The van der Waals surface area contributed by atoms with Gasteiger partial charge in [0, 0.05) is 12.7 Å². The van der Waals surface area contributed by atoms with E-state index in [4.69, 9.17) is 0 Å². The number of benzene rings is 1. The van der Waals surface area contributed by atoms with E-state index in [0.717, 1.165) is 30.8 Å². The molecule has 5 nitrogen and oxygen atoms in total. The minimum absolute atomic E-state index is 0.358. The third-order valence-corrected chi connectivity index (χ3v) is 4.67. The average Bonchev–Trinajstić information content (AvgIpc) is 3.10. The molecule has 1 atom stereocenters. The lowest BCUT2D eigenvalue weighted by atomic mass is 9.91. The highest BCUT2D eigenvalue weighted by atomic mass is 15.4. The second kappa shape index (κ2) is 6.53. The molecule has 0 amide bonds. The van der Waals surface area contributed by atoms with Crippen molar-refractivity contribution in [2.75, 3.05) is 7.05 Å². The summed E-state index contributed by atoms with van der Waals surface area (Å²) in [5.41, 5.74) is 4.61. The lowest BCUT2D eigenvalue weighted by Crippen LogP contribution is -2.28. The maximum absolute atomic E-state index is 4.63. The van der Waals surface area contributed by atoms with Crippen molar-refractivity contribution in [3.05, 3.63) is 71.8 Å². The van der Waals surface area contributed by atoms with E-state index >= 15 is 0 Å². The van der Waals surface area contributed by atoms with Gasteiger partial charge in [-0.2, -0.15) is 0 Å². The third-order valence-electron chi connectivity index (χ3n) is 4.67. The third kappa shape index (κ3) is 2.95. The van der Waals surface area contributed by atoms with Gasteiger partial charge in [-0.1, -0.05) is 29.5 Å². The smallest absolute Gasteiger partial charge is 0.0971 e. The van der Waals surface area contributed by atoms with Crippen molar-refractivity contribution in [1.29, 1.82) is 0 Å². The van der Waals surface area contributed by atoms with Gasteiger partial charge in [-0.05, 0) is 50.1 Å². The molecule has 0 fully saturated rings. The van der Waals surface area contributed by atoms with Gasteiger partial charge in [-0.15, -0.1) is 5.10 Å². The van der Waals surface area contributed by atoms with Gasteiger partial charge >= 0.3 is 0 Å². The molecule has 4 rings (SSSR count). The van der Waals surface area contributed by atoms with Crippen LogP contribution in [0.5, 0.6) is 0 Å². The van der Waals surface area contributed by atoms with Crippen molar-refractivity contribution in [3.8, 4) is 5.69 Å². The maximum atomic E-state index is 4.63. The van der Waals surface area contributed by atoms with Crippen LogP contribution >= 0.6 is 0 Å². The summed E-state index contributed by atoms with van der Waals surface area (Å²) in [6, 6.07) is 14.7. The molecule has 1 aliphatic rings. The Morgan fingerprint density at radius 2 is 2.04 bits per heavy atom. The average molecular weight is 319 g/mol. The Morgan fingerprint density at radius 1 is 1.17 bits per heavy atom. The van der Waals surface area contributed by atoms with Gasteiger partial charge in [0.1, 0.15) is 0 Å². The molecular formula is C19H21N5. The van der Waals surface area contributed by atoms with Crippen molar-refractivity contribution in [2.24, 2.45) is 0 Å². The van der Waals surface area contributed by atoms with E-state index in [1.165, 1.54) is 17.7 Å². The highest BCUT2D eigenvalue weighted by molar-refractivity contribution is 5.30. The molecule has 0 spiro atoms. The maximum Gasteiger partial charge on any atom is 0.0971 e. The van der Waals surface area contributed by atoms with Gasteiger partial charge in [0.15, 0.2) is 0 Å². The standard InChI is InChI=1S/C19H21N5/c1-23(18-11-5-7-15-8-6-12-20-19(15)18)13-16-14-24(22-21-16)17-9-3-2-4-10-17/h2-4,6,8-10,12,14,18H,5,7,11,13H2,1H3. The Labute approximate surface area is 142 Å². The molecule has 0 bridgehead atoms. The van der Waals surface area contributed by atoms with Crippen LogP contribution in [0.15, 0.2) is 54.9 Å². The van der Waals surface area contributed by atoms with E-state index in [1.807, 2.05) is 53.5 Å². The van der Waals surface area contributed by atoms with Crippen LogP contribution in [0.4, 0.5) is 0 Å². The molecule has 1 aromatic carbocycles. The summed E-state index contributed by atoms with van der Waals surface area (Å²) in [7, 11) is 2.15. The van der Waals surface area contributed by atoms with Crippen LogP contribution in [0.2, 0.25) is 0 Å². The molecule has 0 saturated heterocycles. The van der Waals surface area contributed by atoms with Crippen LogP contribution in [-0.2, 0) is 13.0 Å². The SMILES string of the molecule is CN(Cc1cn(-c2ccccc2)nn1)C1CCCc2cccnc21. The van der Waals surface area contributed by atoms with Gasteiger partial charge < -0.3 is 0 Å². The molecule has 0 aliphatic heterocycles. The van der Waals surface area contributed by atoms with Crippen molar-refractivity contribution in [1.82, 2.24) is 24.9 Å². The molecular weight excluding hydrogens is 298 g/mol. The number of hydrogen-bond acceptors (Lipinski definition) is 4. The van der Waals surface area contributed by atoms with E-state index in [1.54, 1.807) is 0 Å². The zero-order chi connectivity index (χ0) is 16.4. The Bertz CT molecular complexity index is 811. The minimum Gasteiger partial charge on any atom is -0.292 e. The van der Waals surface area contributed by atoms with Crippen LogP contribution in [-0.4, -0.2) is 31.9 Å². The number of fused-ring (bicyclic) bond motifs is 1. The van der Waals surface area contributed by atoms with Crippen LogP contribution in [0.1, 0.15) is 35.8 Å². The van der Waals surface area contributed by atoms with Gasteiger partial charge in [0.05, 0.1) is 29.3 Å². The first-order valence-corrected chi connectivity index (χ1v) is 8.42. The van der Waals surface area contributed by atoms with E-state index in [-0.39, 0.29) is 0 Å². The molecule has 5 heteroatoms. The van der Waals surface area contributed by atoms with Crippen LogP contribution in [0.25, 0.3) is 5.69 Å². The number of rotatable bonds is 4. The molecule has 0 radical (unpaired) electrons. The van der Waals surface area contributed by atoms with Crippen molar-refractivity contribution in [2.45, 2.75) is 31.8 Å². The molecule has 1 unspecified atom stereocenters. The minimum atomic E-state index is 0.358. The number of aromatic nitrogens is 4. The first-order chi connectivity index (χ1) is 11.8. The highest BCUT2D eigenvalue weighted by Crippen LogP contribution is 2.32. The number of hydrogen-bond donors (Lipinski definition) is 0. The second-order valence-corrected chi connectivity index (χ2v) is 6.36. The molecule has 2 aromatic heterocycles. The Hall–Kier alpha value is -2.53. The van der Waals surface area contributed by atoms with E-state index in [2.05, 4.69) is 33.3 Å². The van der Waals surface area contributed by atoms with Crippen LogP contribution in [0, 0.1) is 0 Å². The van der Waals surface area contributed by atoms with Crippen molar-refractivity contribution < 1.29 is 0 Å². The zero-order valence-corrected chi connectivity index (χ0v) is 13.8. The number of aryl methyl sites for hydroxylation is 1. The first-order valence-electron chi connectivity index (χ1n) is 8.42. The van der Waals surface area contributed by atoms with Gasteiger partial charge in [0.2, 0.25) is 0 Å². The molecule has 24 heavy (non-hydrogen) atoms. The van der Waals surface area contributed by atoms with E-state index < -0.39 is 0 Å². The summed E-state index contributed by atoms with van der Waals surface area (Å²) in [5.74, 6) is 0. The molecule has 2 heterocycles. The zero-order valence-electron chi connectivity index (χ0n) is 13.8. The summed E-state index contributed by atoms with van der Waals surface area (Å²) < 4.78 is 1.83. The largest absolute Gasteiger partial charge is 0.292 e. The van der Waals surface area contributed by atoms with Gasteiger partial charge in [-0.3, -0.25) is 9.88 Å². The molecule has 1 aliphatic carbocycles. The summed E-state index contributed by atoms with van der Waals surface area (Å²) in [6.07, 6.45) is 7.40. The molecule has 3 aromatic rings. The highest BCUT2D eigenvalue weighted by Gasteiger charge is 2.25. The second-order valence-electron chi connectivity index (χ2n) is 6.36. The van der Waals surface area contributed by atoms with E-state index in [0.29, 0.717) is 6.04 Å². The summed E-state index contributed by atoms with van der Waals surface area (Å²) in [6.45, 7) is 0.771. The predicted octanol–water partition coefficient (Wildman–Crippen LogP) is 3.17.